The van der Waals surface area contributed by atoms with E-state index in [4.69, 9.17) is 11.2 Å². The smallest absolute Gasteiger partial charge is 0.408 e. The average Bonchev–Trinajstić information content (AvgIpc) is 2.93. The van der Waals surface area contributed by atoms with Crippen LogP contribution in [0.5, 0.6) is 0 Å². The maximum Gasteiger partial charge on any atom is 0.408 e. The molecule has 0 radical (unpaired) electrons. The fourth-order valence-corrected chi connectivity index (χ4v) is 5.08. The fourth-order valence-electron chi connectivity index (χ4n) is 5.08. The van der Waals surface area contributed by atoms with Gasteiger partial charge >= 0.3 is 6.09 Å². The van der Waals surface area contributed by atoms with E-state index in [-0.39, 0.29) is 23.8 Å². The number of anilines is 1. The minimum absolute atomic E-state index is 0.231. The second kappa shape index (κ2) is 15.6. The molecule has 2 N–H and O–H groups in total. The monoisotopic (exact) mass is 589 g/mol. The van der Waals surface area contributed by atoms with Crippen molar-refractivity contribution in [3.63, 3.8) is 0 Å². The first-order chi connectivity index (χ1) is 20.1. The molecular formula is C36H51N3O4. The first-order valence-electron chi connectivity index (χ1n) is 15.3. The van der Waals surface area contributed by atoms with E-state index in [9.17, 15) is 14.4 Å². The first kappa shape index (κ1) is 35.4. The SMILES string of the molecule is C#Cc1ccccc1C(C(=O)Nc1c(C)cccc1C)N(C(=O)C(NC(=O)OC(C)(C)C)C(C)CC)C(C)CCC(C)C. The summed E-state index contributed by atoms with van der Waals surface area (Å²) in [6.07, 6.45) is 7.39. The molecule has 3 amide bonds. The van der Waals surface area contributed by atoms with Crippen molar-refractivity contribution >= 4 is 23.6 Å². The summed E-state index contributed by atoms with van der Waals surface area (Å²) in [5.74, 6) is 2.15. The Hall–Kier alpha value is -3.79. The standard InChI is InChI=1S/C36H51N3O4/c1-12-24(5)31(38-35(42)43-36(9,10)11)34(41)39(27(8)22-21-23(3)4)32(29-20-15-14-19-28(29)13-2)33(40)37-30-25(6)17-16-18-26(30)7/h2,14-20,23-24,27,31-32H,12,21-22H2,1,3-11H3,(H,37,40)(H,38,42). The Balaban J connectivity index is 2.76. The van der Waals surface area contributed by atoms with Crippen LogP contribution in [-0.2, 0) is 14.3 Å². The Morgan fingerprint density at radius 2 is 1.56 bits per heavy atom. The third-order valence-electron chi connectivity index (χ3n) is 7.71. The molecule has 4 unspecified atom stereocenters. The number of terminal acetylenes is 1. The summed E-state index contributed by atoms with van der Waals surface area (Å²) in [6.45, 7) is 19.3. The zero-order valence-corrected chi connectivity index (χ0v) is 27.7. The normalized spacial score (nSPS) is 14.2. The maximum absolute atomic E-state index is 14.8. The van der Waals surface area contributed by atoms with Gasteiger partial charge in [0, 0.05) is 17.3 Å². The number of alkyl carbamates (subject to hydrolysis) is 1. The van der Waals surface area contributed by atoms with Crippen LogP contribution in [-0.4, -0.2) is 40.5 Å². The molecule has 0 saturated heterocycles. The number of rotatable bonds is 12. The van der Waals surface area contributed by atoms with Crippen molar-refractivity contribution in [3.05, 3.63) is 64.7 Å². The summed E-state index contributed by atoms with van der Waals surface area (Å²) in [6, 6.07) is 10.7. The molecule has 0 saturated carbocycles. The second-order valence-electron chi connectivity index (χ2n) is 13.0. The van der Waals surface area contributed by atoms with Gasteiger partial charge in [-0.2, -0.15) is 0 Å². The van der Waals surface area contributed by atoms with E-state index >= 15 is 0 Å². The predicted molar refractivity (Wildman–Crippen MR) is 175 cm³/mol. The van der Waals surface area contributed by atoms with E-state index in [2.05, 4.69) is 30.4 Å². The van der Waals surface area contributed by atoms with Gasteiger partial charge in [0.1, 0.15) is 17.7 Å². The summed E-state index contributed by atoms with van der Waals surface area (Å²) >= 11 is 0. The summed E-state index contributed by atoms with van der Waals surface area (Å²) in [5, 5.41) is 5.97. The Kier molecular flexibility index (Phi) is 12.9. The molecule has 43 heavy (non-hydrogen) atoms. The highest BCUT2D eigenvalue weighted by Crippen LogP contribution is 2.32. The molecule has 2 aromatic carbocycles. The van der Waals surface area contributed by atoms with E-state index in [1.807, 2.05) is 65.0 Å². The van der Waals surface area contributed by atoms with Crippen LogP contribution in [0.2, 0.25) is 0 Å². The highest BCUT2D eigenvalue weighted by atomic mass is 16.6. The molecule has 0 aromatic heterocycles. The molecule has 0 bridgehead atoms. The van der Waals surface area contributed by atoms with Crippen LogP contribution >= 0.6 is 0 Å². The van der Waals surface area contributed by atoms with Gasteiger partial charge in [-0.15, -0.1) is 6.42 Å². The number of amides is 3. The molecule has 0 aliphatic rings. The van der Waals surface area contributed by atoms with Crippen molar-refractivity contribution in [1.29, 1.82) is 0 Å². The molecule has 2 rings (SSSR count). The molecule has 2 aromatic rings. The van der Waals surface area contributed by atoms with Gasteiger partial charge in [0.05, 0.1) is 0 Å². The van der Waals surface area contributed by atoms with Crippen molar-refractivity contribution in [3.8, 4) is 12.3 Å². The summed E-state index contributed by atoms with van der Waals surface area (Å²) in [5.41, 5.74) is 2.86. The number of nitrogens with one attached hydrogen (secondary N) is 2. The number of carbonyl (C=O) groups excluding carboxylic acids is 3. The highest BCUT2D eigenvalue weighted by Gasteiger charge is 2.41. The maximum atomic E-state index is 14.8. The number of ether oxygens (including phenoxy) is 1. The summed E-state index contributed by atoms with van der Waals surface area (Å²) in [7, 11) is 0. The van der Waals surface area contributed by atoms with Gasteiger partial charge in [0.15, 0.2) is 0 Å². The molecule has 7 nitrogen and oxygen atoms in total. The average molecular weight is 590 g/mol. The molecule has 7 heteroatoms. The zero-order valence-electron chi connectivity index (χ0n) is 27.7. The van der Waals surface area contributed by atoms with E-state index in [1.165, 1.54) is 0 Å². The molecule has 0 heterocycles. The molecule has 0 aliphatic heterocycles. The molecule has 0 fully saturated rings. The molecule has 0 spiro atoms. The number of hydrogen-bond donors (Lipinski definition) is 2. The molecular weight excluding hydrogens is 538 g/mol. The number of hydrogen-bond acceptors (Lipinski definition) is 4. The van der Waals surface area contributed by atoms with E-state index in [1.54, 1.807) is 37.8 Å². The van der Waals surface area contributed by atoms with Crippen LogP contribution < -0.4 is 10.6 Å². The minimum Gasteiger partial charge on any atom is -0.444 e. The third-order valence-corrected chi connectivity index (χ3v) is 7.71. The van der Waals surface area contributed by atoms with Gasteiger partial charge in [-0.25, -0.2) is 4.79 Å². The van der Waals surface area contributed by atoms with E-state index in [0.29, 0.717) is 35.6 Å². The number of nitrogens with zero attached hydrogens (tertiary/aromatic N) is 1. The Bertz CT molecular complexity index is 1280. The third kappa shape index (κ3) is 9.88. The second-order valence-corrected chi connectivity index (χ2v) is 13.0. The van der Waals surface area contributed by atoms with Crippen molar-refractivity contribution in [2.24, 2.45) is 11.8 Å². The van der Waals surface area contributed by atoms with Crippen molar-refractivity contribution < 1.29 is 19.1 Å². The van der Waals surface area contributed by atoms with Crippen molar-refractivity contribution in [2.75, 3.05) is 5.32 Å². The first-order valence-corrected chi connectivity index (χ1v) is 15.3. The van der Waals surface area contributed by atoms with E-state index < -0.39 is 23.8 Å². The van der Waals surface area contributed by atoms with Gasteiger partial charge in [-0.1, -0.05) is 76.4 Å². The van der Waals surface area contributed by atoms with Crippen LogP contribution in [0.1, 0.15) is 103 Å². The number of benzene rings is 2. The van der Waals surface area contributed by atoms with Gasteiger partial charge in [-0.05, 0) is 89.0 Å². The fraction of sp³-hybridized carbons (Fsp3) is 0.528. The number of carbonyl (C=O) groups is 3. The van der Waals surface area contributed by atoms with Crippen LogP contribution in [0, 0.1) is 38.0 Å². The Labute approximate surface area is 259 Å². The Morgan fingerprint density at radius 1 is 0.953 bits per heavy atom. The van der Waals surface area contributed by atoms with Gasteiger partial charge < -0.3 is 20.3 Å². The van der Waals surface area contributed by atoms with Gasteiger partial charge in [-0.3, -0.25) is 9.59 Å². The molecule has 234 valence electrons. The highest BCUT2D eigenvalue weighted by molar-refractivity contribution is 6.00. The summed E-state index contributed by atoms with van der Waals surface area (Å²) < 4.78 is 5.54. The van der Waals surface area contributed by atoms with E-state index in [0.717, 1.165) is 17.5 Å². The van der Waals surface area contributed by atoms with Crippen molar-refractivity contribution in [1.82, 2.24) is 10.2 Å². The topological polar surface area (TPSA) is 87.7 Å². The molecule has 0 aliphatic carbocycles. The van der Waals surface area contributed by atoms with Gasteiger partial charge in [0.25, 0.3) is 5.91 Å². The van der Waals surface area contributed by atoms with Crippen LogP contribution in [0.15, 0.2) is 42.5 Å². The van der Waals surface area contributed by atoms with Gasteiger partial charge in [0.2, 0.25) is 5.91 Å². The van der Waals surface area contributed by atoms with Crippen LogP contribution in [0.25, 0.3) is 0 Å². The predicted octanol–water partition coefficient (Wildman–Crippen LogP) is 7.56. The number of para-hydroxylation sites is 1. The lowest BCUT2D eigenvalue weighted by Crippen LogP contribution is -2.57. The zero-order chi connectivity index (χ0) is 32.5. The Morgan fingerprint density at radius 3 is 2.09 bits per heavy atom. The van der Waals surface area contributed by atoms with Crippen LogP contribution in [0.4, 0.5) is 10.5 Å². The largest absolute Gasteiger partial charge is 0.444 e. The lowest BCUT2D eigenvalue weighted by atomic mass is 9.91. The number of aryl methyl sites for hydroxylation is 2. The molecule has 4 atom stereocenters. The quantitative estimate of drug-likeness (QED) is 0.250. The minimum atomic E-state index is -1.05. The summed E-state index contributed by atoms with van der Waals surface area (Å²) in [4.78, 5) is 43.8. The van der Waals surface area contributed by atoms with Crippen molar-refractivity contribution in [2.45, 2.75) is 112 Å². The lowest BCUT2D eigenvalue weighted by Gasteiger charge is -2.40. The lowest BCUT2D eigenvalue weighted by molar-refractivity contribution is -0.144. The van der Waals surface area contributed by atoms with Crippen LogP contribution in [0.3, 0.4) is 0 Å².